The van der Waals surface area contributed by atoms with Crippen LogP contribution in [-0.2, 0) is 4.74 Å². The number of aliphatic hydroxyl groups is 1. The van der Waals surface area contributed by atoms with Gasteiger partial charge in [-0.2, -0.15) is 0 Å². The highest BCUT2D eigenvalue weighted by atomic mass is 16.6. The Hall–Kier alpha value is -1.03. The van der Waals surface area contributed by atoms with Gasteiger partial charge in [-0.15, -0.1) is 6.58 Å². The summed E-state index contributed by atoms with van der Waals surface area (Å²) in [6.45, 7) is 11.5. The number of hydrogen-bond acceptors (Lipinski definition) is 3. The predicted molar refractivity (Wildman–Crippen MR) is 89.8 cm³/mol. The van der Waals surface area contributed by atoms with Gasteiger partial charge < -0.3 is 14.7 Å². The van der Waals surface area contributed by atoms with Gasteiger partial charge in [-0.3, -0.25) is 0 Å². The molecular formula is C18H33NO3. The fourth-order valence-electron chi connectivity index (χ4n) is 3.20. The van der Waals surface area contributed by atoms with Crippen LogP contribution in [0.3, 0.4) is 0 Å². The third-order valence-corrected chi connectivity index (χ3v) is 4.07. The van der Waals surface area contributed by atoms with Crippen molar-refractivity contribution in [3.05, 3.63) is 12.7 Å². The van der Waals surface area contributed by atoms with Gasteiger partial charge in [0.1, 0.15) is 5.60 Å². The summed E-state index contributed by atoms with van der Waals surface area (Å²) in [4.78, 5) is 14.5. The molecule has 128 valence electrons. The van der Waals surface area contributed by atoms with E-state index in [0.29, 0.717) is 6.42 Å². The Morgan fingerprint density at radius 1 is 1.41 bits per heavy atom. The molecule has 1 N–H and O–H groups in total. The molecule has 1 aliphatic heterocycles. The van der Waals surface area contributed by atoms with Crippen LogP contribution in [0.1, 0.15) is 72.6 Å². The summed E-state index contributed by atoms with van der Waals surface area (Å²) in [6.07, 6.45) is 7.42. The van der Waals surface area contributed by atoms with Crippen molar-refractivity contribution in [2.24, 2.45) is 0 Å². The monoisotopic (exact) mass is 311 g/mol. The maximum absolute atomic E-state index is 12.6. The molecule has 0 aromatic rings. The molecule has 22 heavy (non-hydrogen) atoms. The lowest BCUT2D eigenvalue weighted by Crippen LogP contribution is -2.52. The lowest BCUT2D eigenvalue weighted by Gasteiger charge is -2.43. The highest BCUT2D eigenvalue weighted by Gasteiger charge is 2.36. The number of likely N-dealkylation sites (tertiary alicyclic amines) is 1. The van der Waals surface area contributed by atoms with Gasteiger partial charge in [-0.25, -0.2) is 4.79 Å². The van der Waals surface area contributed by atoms with Crippen molar-refractivity contribution in [2.45, 2.75) is 96.4 Å². The van der Waals surface area contributed by atoms with Gasteiger partial charge in [-0.1, -0.05) is 19.4 Å². The summed E-state index contributed by atoms with van der Waals surface area (Å²) in [5.41, 5.74) is -0.500. The van der Waals surface area contributed by atoms with E-state index >= 15 is 0 Å². The quantitative estimate of drug-likeness (QED) is 0.745. The number of piperidine rings is 1. The van der Waals surface area contributed by atoms with E-state index in [1.807, 2.05) is 31.7 Å². The SMILES string of the molecule is C=CC[C@H]1CCC[C@@H](C[C@H](O)CCC)N1C(=O)OC(C)(C)C. The largest absolute Gasteiger partial charge is 0.444 e. The number of hydrogen-bond donors (Lipinski definition) is 1. The minimum Gasteiger partial charge on any atom is -0.444 e. The summed E-state index contributed by atoms with van der Waals surface area (Å²) in [5, 5.41) is 10.2. The highest BCUT2D eigenvalue weighted by molar-refractivity contribution is 5.69. The smallest absolute Gasteiger partial charge is 0.410 e. The zero-order valence-electron chi connectivity index (χ0n) is 14.7. The Bertz CT molecular complexity index is 362. The molecule has 4 heteroatoms. The van der Waals surface area contributed by atoms with Crippen molar-refractivity contribution in [1.29, 1.82) is 0 Å². The summed E-state index contributed by atoms with van der Waals surface area (Å²) in [6, 6.07) is 0.204. The molecule has 1 saturated heterocycles. The lowest BCUT2D eigenvalue weighted by atomic mass is 9.90. The van der Waals surface area contributed by atoms with E-state index in [0.717, 1.165) is 38.5 Å². The molecule has 1 fully saturated rings. The number of carbonyl (C=O) groups excluding carboxylic acids is 1. The summed E-state index contributed by atoms with van der Waals surface area (Å²) >= 11 is 0. The molecule has 0 unspecified atom stereocenters. The van der Waals surface area contributed by atoms with Gasteiger partial charge in [0.2, 0.25) is 0 Å². The lowest BCUT2D eigenvalue weighted by molar-refractivity contribution is -0.0139. The molecule has 0 radical (unpaired) electrons. The second kappa shape index (κ2) is 8.56. The summed E-state index contributed by atoms with van der Waals surface area (Å²) in [7, 11) is 0. The van der Waals surface area contributed by atoms with E-state index in [2.05, 4.69) is 13.5 Å². The molecular weight excluding hydrogens is 278 g/mol. The molecule has 0 bridgehead atoms. The second-order valence-corrected chi connectivity index (χ2v) is 7.33. The normalized spacial score (nSPS) is 24.0. The Labute approximate surface area is 135 Å². The first-order chi connectivity index (χ1) is 10.3. The van der Waals surface area contributed by atoms with Crippen molar-refractivity contribution in [1.82, 2.24) is 4.90 Å². The van der Waals surface area contributed by atoms with Gasteiger partial charge in [0.05, 0.1) is 6.10 Å². The highest BCUT2D eigenvalue weighted by Crippen LogP contribution is 2.30. The van der Waals surface area contributed by atoms with Crippen LogP contribution >= 0.6 is 0 Å². The van der Waals surface area contributed by atoms with Crippen molar-refractivity contribution in [3.63, 3.8) is 0 Å². The van der Waals surface area contributed by atoms with Crippen molar-refractivity contribution in [3.8, 4) is 0 Å². The number of carbonyl (C=O) groups is 1. The van der Waals surface area contributed by atoms with Crippen LogP contribution in [0.25, 0.3) is 0 Å². The van der Waals surface area contributed by atoms with Crippen LogP contribution in [0.15, 0.2) is 12.7 Å². The molecule has 1 amide bonds. The third-order valence-electron chi connectivity index (χ3n) is 4.07. The first-order valence-electron chi connectivity index (χ1n) is 8.58. The Kier molecular flexibility index (Phi) is 7.40. The van der Waals surface area contributed by atoms with E-state index in [1.165, 1.54) is 0 Å². The van der Waals surface area contributed by atoms with E-state index in [4.69, 9.17) is 4.74 Å². The number of nitrogens with zero attached hydrogens (tertiary/aromatic N) is 1. The molecule has 3 atom stereocenters. The molecule has 4 nitrogen and oxygen atoms in total. The van der Waals surface area contributed by atoms with E-state index in [-0.39, 0.29) is 24.3 Å². The van der Waals surface area contributed by atoms with E-state index in [9.17, 15) is 9.90 Å². The zero-order valence-corrected chi connectivity index (χ0v) is 14.7. The number of rotatable bonds is 6. The molecule has 0 saturated carbocycles. The van der Waals surface area contributed by atoms with Crippen LogP contribution in [0.5, 0.6) is 0 Å². The second-order valence-electron chi connectivity index (χ2n) is 7.33. The number of amides is 1. The van der Waals surface area contributed by atoms with Gasteiger partial charge in [0.25, 0.3) is 0 Å². The number of aliphatic hydroxyl groups excluding tert-OH is 1. The van der Waals surface area contributed by atoms with Crippen molar-refractivity contribution >= 4 is 6.09 Å². The average Bonchev–Trinajstić information content (AvgIpc) is 2.37. The van der Waals surface area contributed by atoms with Crippen molar-refractivity contribution < 1.29 is 14.6 Å². The fourth-order valence-corrected chi connectivity index (χ4v) is 3.20. The standard InChI is InChI=1S/C18H33NO3/c1-6-9-14-11-8-12-15(13-16(20)10-7-2)19(14)17(21)22-18(3,4)5/h6,14-16,20H,1,7-13H2,2-5H3/t14-,15-,16+/m0/s1. The van der Waals surface area contributed by atoms with Crippen molar-refractivity contribution in [2.75, 3.05) is 0 Å². The van der Waals surface area contributed by atoms with E-state index < -0.39 is 5.60 Å². The first kappa shape index (κ1) is 19.0. The number of ether oxygens (including phenoxy) is 1. The predicted octanol–water partition coefficient (Wildman–Crippen LogP) is 4.27. The van der Waals surface area contributed by atoms with Gasteiger partial charge in [-0.05, 0) is 59.3 Å². The summed E-state index contributed by atoms with van der Waals surface area (Å²) in [5.74, 6) is 0. The minimum absolute atomic E-state index is 0.0649. The summed E-state index contributed by atoms with van der Waals surface area (Å²) < 4.78 is 5.60. The molecule has 1 heterocycles. The Morgan fingerprint density at radius 3 is 2.59 bits per heavy atom. The van der Waals surface area contributed by atoms with Crippen LogP contribution in [0.2, 0.25) is 0 Å². The maximum atomic E-state index is 12.6. The molecule has 1 rings (SSSR count). The van der Waals surface area contributed by atoms with Gasteiger partial charge in [0.15, 0.2) is 0 Å². The minimum atomic E-state index is -0.500. The molecule has 1 aliphatic rings. The van der Waals surface area contributed by atoms with E-state index in [1.54, 1.807) is 0 Å². The van der Waals surface area contributed by atoms with Crippen LogP contribution in [-0.4, -0.2) is 39.9 Å². The van der Waals surface area contributed by atoms with Crippen LogP contribution in [0.4, 0.5) is 4.79 Å². The molecule has 0 spiro atoms. The Balaban J connectivity index is 2.85. The zero-order chi connectivity index (χ0) is 16.8. The first-order valence-corrected chi connectivity index (χ1v) is 8.58. The van der Waals surface area contributed by atoms with Crippen LogP contribution in [0, 0.1) is 0 Å². The molecule has 0 aromatic heterocycles. The Morgan fingerprint density at radius 2 is 2.05 bits per heavy atom. The molecule has 0 aliphatic carbocycles. The fraction of sp³-hybridized carbons (Fsp3) is 0.833. The molecule has 0 aromatic carbocycles. The average molecular weight is 311 g/mol. The maximum Gasteiger partial charge on any atom is 0.410 e. The van der Waals surface area contributed by atoms with Crippen LogP contribution < -0.4 is 0 Å². The topological polar surface area (TPSA) is 49.8 Å². The third kappa shape index (κ3) is 5.99. The van der Waals surface area contributed by atoms with Gasteiger partial charge >= 0.3 is 6.09 Å². The van der Waals surface area contributed by atoms with Gasteiger partial charge in [0, 0.05) is 12.1 Å².